The summed E-state index contributed by atoms with van der Waals surface area (Å²) in [6, 6.07) is 2.88. The van der Waals surface area contributed by atoms with E-state index in [9.17, 15) is 19.1 Å². The Morgan fingerprint density at radius 1 is 1.52 bits per heavy atom. The quantitative estimate of drug-likeness (QED) is 0.301. The third kappa shape index (κ3) is 8.66. The van der Waals surface area contributed by atoms with Crippen LogP contribution in [0.3, 0.4) is 0 Å². The Kier molecular flexibility index (Phi) is 10.0. The lowest BCUT2D eigenvalue weighted by atomic mass is 10.0. The highest BCUT2D eigenvalue weighted by Crippen LogP contribution is 2.20. The van der Waals surface area contributed by atoms with Gasteiger partial charge >= 0.3 is 0 Å². The lowest BCUT2D eigenvalue weighted by Crippen LogP contribution is -2.54. The van der Waals surface area contributed by atoms with Gasteiger partial charge in [0.05, 0.1) is 29.1 Å². The predicted molar refractivity (Wildman–Crippen MR) is 117 cm³/mol. The van der Waals surface area contributed by atoms with Crippen molar-refractivity contribution >= 4 is 35.5 Å². The first-order chi connectivity index (χ1) is 14.7. The van der Waals surface area contributed by atoms with Crippen LogP contribution in [0.15, 0.2) is 30.4 Å². The molecule has 1 aromatic rings. The number of aliphatic hydroxyl groups excluding tert-OH is 1. The second kappa shape index (κ2) is 12.3. The van der Waals surface area contributed by atoms with Crippen LogP contribution >= 0.6 is 23.6 Å². The molecule has 4 N–H and O–H groups in total. The molecule has 1 aliphatic heterocycles. The van der Waals surface area contributed by atoms with Crippen LogP contribution in [0.4, 0.5) is 4.39 Å². The second-order valence-electron chi connectivity index (χ2n) is 7.21. The van der Waals surface area contributed by atoms with Crippen molar-refractivity contribution < 1.29 is 28.0 Å². The summed E-state index contributed by atoms with van der Waals surface area (Å²) in [4.78, 5) is 24.4. The van der Waals surface area contributed by atoms with E-state index >= 15 is 0 Å². The fraction of sp³-hybridized carbons (Fsp3) is 0.500. The molecule has 2 amide bonds. The minimum absolute atomic E-state index is 0.0137. The molecule has 1 aliphatic rings. The van der Waals surface area contributed by atoms with Crippen LogP contribution in [0.1, 0.15) is 20.3 Å². The summed E-state index contributed by atoms with van der Waals surface area (Å²) >= 11 is 6.86. The SMILES string of the molecule is C=C(C)C(CC(O)CNC(=O)COc1ccc(Cl)c(F)c1)NC(=O)C1COSC(C)N1. The first-order valence-electron chi connectivity index (χ1n) is 9.68. The number of carbonyl (C=O) groups is 2. The molecule has 172 valence electrons. The van der Waals surface area contributed by atoms with Gasteiger partial charge in [0.15, 0.2) is 6.61 Å². The van der Waals surface area contributed by atoms with Gasteiger partial charge in [0, 0.05) is 24.7 Å². The number of aliphatic hydroxyl groups is 1. The molecule has 0 aliphatic carbocycles. The molecule has 0 aromatic heterocycles. The molecule has 4 unspecified atom stereocenters. The molecular weight excluding hydrogens is 449 g/mol. The largest absolute Gasteiger partial charge is 0.484 e. The van der Waals surface area contributed by atoms with Crippen molar-refractivity contribution in [1.29, 1.82) is 0 Å². The Morgan fingerprint density at radius 3 is 2.90 bits per heavy atom. The Hall–Kier alpha value is -1.85. The van der Waals surface area contributed by atoms with E-state index in [1.807, 2.05) is 6.92 Å². The first kappa shape index (κ1) is 25.4. The van der Waals surface area contributed by atoms with Crippen molar-refractivity contribution in [2.75, 3.05) is 19.8 Å². The molecule has 0 bridgehead atoms. The maximum atomic E-state index is 13.4. The Morgan fingerprint density at radius 2 is 2.26 bits per heavy atom. The van der Waals surface area contributed by atoms with E-state index in [4.69, 9.17) is 20.5 Å². The van der Waals surface area contributed by atoms with Gasteiger partial charge in [0.2, 0.25) is 5.91 Å². The highest BCUT2D eigenvalue weighted by Gasteiger charge is 2.28. The second-order valence-corrected chi connectivity index (χ2v) is 8.75. The number of halogens is 2. The van der Waals surface area contributed by atoms with Gasteiger partial charge < -0.3 is 24.7 Å². The third-order valence-electron chi connectivity index (χ3n) is 4.41. The van der Waals surface area contributed by atoms with Crippen LogP contribution < -0.4 is 20.7 Å². The lowest BCUT2D eigenvalue weighted by molar-refractivity contribution is -0.125. The zero-order valence-electron chi connectivity index (χ0n) is 17.3. The van der Waals surface area contributed by atoms with Crippen molar-refractivity contribution in [1.82, 2.24) is 16.0 Å². The maximum Gasteiger partial charge on any atom is 0.258 e. The Labute approximate surface area is 190 Å². The van der Waals surface area contributed by atoms with E-state index in [0.29, 0.717) is 5.57 Å². The summed E-state index contributed by atoms with van der Waals surface area (Å²) in [5.41, 5.74) is 0.672. The Balaban J connectivity index is 1.75. The first-order valence-corrected chi connectivity index (χ1v) is 10.9. The highest BCUT2D eigenvalue weighted by molar-refractivity contribution is 7.95. The predicted octanol–water partition coefficient (Wildman–Crippen LogP) is 1.77. The molecule has 11 heteroatoms. The van der Waals surface area contributed by atoms with Gasteiger partial charge in [0.1, 0.15) is 17.6 Å². The van der Waals surface area contributed by atoms with Crippen LogP contribution in [0.5, 0.6) is 5.75 Å². The maximum absolute atomic E-state index is 13.4. The van der Waals surface area contributed by atoms with E-state index in [1.165, 1.54) is 24.2 Å². The summed E-state index contributed by atoms with van der Waals surface area (Å²) in [7, 11) is 0. The van der Waals surface area contributed by atoms with Gasteiger partial charge in [-0.25, -0.2) is 4.39 Å². The Bertz CT molecular complexity index is 800. The van der Waals surface area contributed by atoms with Crippen LogP contribution in [0, 0.1) is 5.82 Å². The zero-order valence-corrected chi connectivity index (χ0v) is 18.9. The molecule has 0 spiro atoms. The fourth-order valence-electron chi connectivity index (χ4n) is 2.73. The number of carbonyl (C=O) groups excluding carboxylic acids is 2. The molecule has 1 fully saturated rings. The number of rotatable bonds is 10. The topological polar surface area (TPSA) is 109 Å². The lowest BCUT2D eigenvalue weighted by Gasteiger charge is -2.29. The van der Waals surface area contributed by atoms with Gasteiger partial charge in [0.25, 0.3) is 5.91 Å². The number of benzene rings is 1. The number of ether oxygens (including phenoxy) is 1. The minimum atomic E-state index is -0.927. The van der Waals surface area contributed by atoms with Crippen molar-refractivity contribution in [2.45, 2.75) is 43.8 Å². The van der Waals surface area contributed by atoms with Crippen molar-refractivity contribution in [2.24, 2.45) is 0 Å². The molecule has 1 saturated heterocycles. The third-order valence-corrected chi connectivity index (χ3v) is 5.42. The van der Waals surface area contributed by atoms with Crippen LogP contribution in [-0.2, 0) is 13.8 Å². The smallest absolute Gasteiger partial charge is 0.258 e. The molecule has 0 radical (unpaired) electrons. The molecule has 31 heavy (non-hydrogen) atoms. The normalized spacial score (nSPS) is 20.4. The highest BCUT2D eigenvalue weighted by atomic mass is 35.5. The van der Waals surface area contributed by atoms with Gasteiger partial charge in [-0.1, -0.05) is 23.8 Å². The van der Waals surface area contributed by atoms with Gasteiger partial charge in [-0.2, -0.15) is 0 Å². The van der Waals surface area contributed by atoms with Crippen LogP contribution in [-0.4, -0.2) is 60.2 Å². The summed E-state index contributed by atoms with van der Waals surface area (Å²) in [5.74, 6) is -1.22. The van der Waals surface area contributed by atoms with E-state index in [-0.39, 0.29) is 48.2 Å². The average Bonchev–Trinajstić information content (AvgIpc) is 2.72. The molecule has 1 aromatic carbocycles. The molecule has 0 saturated carbocycles. The van der Waals surface area contributed by atoms with Crippen molar-refractivity contribution in [3.05, 3.63) is 41.2 Å². The van der Waals surface area contributed by atoms with Gasteiger partial charge in [-0.3, -0.25) is 14.9 Å². The molecule has 2 rings (SSSR count). The number of hydrogen-bond donors (Lipinski definition) is 4. The van der Waals surface area contributed by atoms with Gasteiger partial charge in [-0.15, -0.1) is 0 Å². The molecule has 4 atom stereocenters. The number of nitrogens with one attached hydrogen (secondary N) is 3. The monoisotopic (exact) mass is 475 g/mol. The van der Waals surface area contributed by atoms with Crippen LogP contribution in [0.25, 0.3) is 0 Å². The van der Waals surface area contributed by atoms with E-state index in [1.54, 1.807) is 6.92 Å². The van der Waals surface area contributed by atoms with E-state index < -0.39 is 29.9 Å². The number of hydrogen-bond acceptors (Lipinski definition) is 7. The summed E-state index contributed by atoms with van der Waals surface area (Å²) in [5, 5.41) is 18.7. The average molecular weight is 476 g/mol. The van der Waals surface area contributed by atoms with E-state index in [0.717, 1.165) is 6.07 Å². The standard InChI is InChI=1S/C20H27ClFN3O5S/c1-11(2)17(25-20(28)18-9-30-31-12(3)24-18)6-13(26)8-23-19(27)10-29-14-4-5-15(21)16(22)7-14/h4-5,7,12-13,17-18,24,26H,1,6,8-10H2,2-3H3,(H,23,27)(H,25,28). The minimum Gasteiger partial charge on any atom is -0.484 e. The summed E-state index contributed by atoms with van der Waals surface area (Å²) < 4.78 is 23.9. The van der Waals surface area contributed by atoms with Crippen molar-refractivity contribution in [3.8, 4) is 5.75 Å². The number of amides is 2. The van der Waals surface area contributed by atoms with Crippen LogP contribution in [0.2, 0.25) is 5.02 Å². The molecular formula is C20H27ClFN3O5S. The van der Waals surface area contributed by atoms with Crippen molar-refractivity contribution in [3.63, 3.8) is 0 Å². The van der Waals surface area contributed by atoms with E-state index in [2.05, 4.69) is 22.5 Å². The molecule has 8 nitrogen and oxygen atoms in total. The van der Waals surface area contributed by atoms with Gasteiger partial charge in [-0.05, 0) is 32.4 Å². The zero-order chi connectivity index (χ0) is 23.0. The molecule has 1 heterocycles. The summed E-state index contributed by atoms with van der Waals surface area (Å²) in [6.07, 6.45) is -0.758. The summed E-state index contributed by atoms with van der Waals surface area (Å²) in [6.45, 7) is 7.34. The fourth-order valence-corrected chi connectivity index (χ4v) is 3.49.